The molecule has 2 aromatic rings. The van der Waals surface area contributed by atoms with Gasteiger partial charge < -0.3 is 5.11 Å². The van der Waals surface area contributed by atoms with Gasteiger partial charge in [-0.2, -0.15) is 10.2 Å². The first-order valence-corrected chi connectivity index (χ1v) is 4.32. The van der Waals surface area contributed by atoms with Crippen LogP contribution in [0.15, 0.2) is 24.8 Å². The highest BCUT2D eigenvalue weighted by molar-refractivity contribution is 5.22. The molecular formula is C9H12N4O. The zero-order chi connectivity index (χ0) is 10.1. The normalized spacial score (nSPS) is 11.1. The van der Waals surface area contributed by atoms with Crippen LogP contribution in [0.25, 0.3) is 0 Å². The van der Waals surface area contributed by atoms with Crippen molar-refractivity contribution in [2.24, 2.45) is 14.1 Å². The number of aliphatic hydroxyl groups is 1. The second-order valence-corrected chi connectivity index (χ2v) is 3.30. The number of rotatable bonds is 2. The average molecular weight is 192 g/mol. The van der Waals surface area contributed by atoms with E-state index in [0.29, 0.717) is 0 Å². The molecule has 5 heteroatoms. The standard InChI is InChI=1S/C9H12N4O/c1-12-5-7(3-10-12)9(14)8-4-11-13(2)6-8/h3-6,9,14H,1-2H3. The highest BCUT2D eigenvalue weighted by Crippen LogP contribution is 2.19. The summed E-state index contributed by atoms with van der Waals surface area (Å²) in [7, 11) is 3.64. The van der Waals surface area contributed by atoms with E-state index in [4.69, 9.17) is 0 Å². The van der Waals surface area contributed by atoms with Crippen LogP contribution in [0.2, 0.25) is 0 Å². The van der Waals surface area contributed by atoms with Gasteiger partial charge in [0.15, 0.2) is 0 Å². The topological polar surface area (TPSA) is 55.9 Å². The number of aryl methyl sites for hydroxylation is 2. The Balaban J connectivity index is 2.28. The molecule has 0 aromatic carbocycles. The van der Waals surface area contributed by atoms with Gasteiger partial charge >= 0.3 is 0 Å². The van der Waals surface area contributed by atoms with Crippen LogP contribution in [0.3, 0.4) is 0 Å². The van der Waals surface area contributed by atoms with Gasteiger partial charge in [0.2, 0.25) is 0 Å². The summed E-state index contributed by atoms with van der Waals surface area (Å²) in [6, 6.07) is 0. The fourth-order valence-corrected chi connectivity index (χ4v) is 1.36. The molecule has 0 fully saturated rings. The molecule has 2 heterocycles. The van der Waals surface area contributed by atoms with E-state index in [1.165, 1.54) is 0 Å². The molecule has 0 atom stereocenters. The molecule has 0 radical (unpaired) electrons. The lowest BCUT2D eigenvalue weighted by Gasteiger charge is -2.03. The monoisotopic (exact) mass is 192 g/mol. The van der Waals surface area contributed by atoms with Gasteiger partial charge in [-0.1, -0.05) is 0 Å². The highest BCUT2D eigenvalue weighted by Gasteiger charge is 2.13. The van der Waals surface area contributed by atoms with Crippen molar-refractivity contribution in [3.63, 3.8) is 0 Å². The minimum Gasteiger partial charge on any atom is -0.383 e. The molecule has 2 rings (SSSR count). The summed E-state index contributed by atoms with van der Waals surface area (Å²) in [5, 5.41) is 17.9. The molecule has 1 N–H and O–H groups in total. The predicted molar refractivity (Wildman–Crippen MR) is 50.5 cm³/mol. The Labute approximate surface area is 81.6 Å². The van der Waals surface area contributed by atoms with Gasteiger partial charge in [0.25, 0.3) is 0 Å². The van der Waals surface area contributed by atoms with Crippen molar-refractivity contribution in [1.29, 1.82) is 0 Å². The highest BCUT2D eigenvalue weighted by atomic mass is 16.3. The first-order valence-electron chi connectivity index (χ1n) is 4.32. The first-order chi connectivity index (χ1) is 6.66. The van der Waals surface area contributed by atoms with Gasteiger partial charge in [-0.15, -0.1) is 0 Å². The van der Waals surface area contributed by atoms with Gasteiger partial charge in [0.05, 0.1) is 12.4 Å². The maximum absolute atomic E-state index is 9.91. The van der Waals surface area contributed by atoms with E-state index >= 15 is 0 Å². The SMILES string of the molecule is Cn1cc(C(O)c2cnn(C)c2)cn1. The van der Waals surface area contributed by atoms with Crippen LogP contribution < -0.4 is 0 Å². The number of hydrogen-bond donors (Lipinski definition) is 1. The molecular weight excluding hydrogens is 180 g/mol. The van der Waals surface area contributed by atoms with Gasteiger partial charge in [-0.25, -0.2) is 0 Å². The minimum atomic E-state index is -0.641. The van der Waals surface area contributed by atoms with Crippen LogP contribution in [0.1, 0.15) is 17.2 Å². The summed E-state index contributed by atoms with van der Waals surface area (Å²) in [6.45, 7) is 0. The molecule has 0 saturated carbocycles. The van der Waals surface area contributed by atoms with Crippen molar-refractivity contribution in [3.8, 4) is 0 Å². The van der Waals surface area contributed by atoms with Crippen LogP contribution in [-0.2, 0) is 14.1 Å². The van der Waals surface area contributed by atoms with Gasteiger partial charge in [-0.3, -0.25) is 9.36 Å². The molecule has 14 heavy (non-hydrogen) atoms. The van der Waals surface area contributed by atoms with E-state index in [1.807, 2.05) is 14.1 Å². The van der Waals surface area contributed by atoms with Gasteiger partial charge in [0, 0.05) is 37.6 Å². The lowest BCUT2D eigenvalue weighted by atomic mass is 10.1. The van der Waals surface area contributed by atoms with E-state index < -0.39 is 6.10 Å². The summed E-state index contributed by atoms with van der Waals surface area (Å²) in [4.78, 5) is 0. The lowest BCUT2D eigenvalue weighted by Crippen LogP contribution is -1.96. The first kappa shape index (κ1) is 8.96. The van der Waals surface area contributed by atoms with Crippen molar-refractivity contribution in [1.82, 2.24) is 19.6 Å². The summed E-state index contributed by atoms with van der Waals surface area (Å²) in [6.07, 6.45) is 6.24. The van der Waals surface area contributed by atoms with E-state index in [1.54, 1.807) is 34.2 Å². The van der Waals surface area contributed by atoms with Crippen LogP contribution in [0.4, 0.5) is 0 Å². The average Bonchev–Trinajstić information content (AvgIpc) is 2.73. The Bertz CT molecular complexity index is 391. The molecule has 0 aliphatic heterocycles. The van der Waals surface area contributed by atoms with Crippen molar-refractivity contribution >= 4 is 0 Å². The molecule has 0 saturated heterocycles. The largest absolute Gasteiger partial charge is 0.383 e. The second kappa shape index (κ2) is 3.26. The van der Waals surface area contributed by atoms with E-state index in [-0.39, 0.29) is 0 Å². The van der Waals surface area contributed by atoms with E-state index in [9.17, 15) is 5.11 Å². The molecule has 0 spiro atoms. The number of hydrogen-bond acceptors (Lipinski definition) is 3. The molecule has 0 aliphatic carbocycles. The van der Waals surface area contributed by atoms with Crippen molar-refractivity contribution in [2.75, 3.05) is 0 Å². The summed E-state index contributed by atoms with van der Waals surface area (Å²) < 4.78 is 3.32. The Kier molecular flexibility index (Phi) is 2.09. The van der Waals surface area contributed by atoms with Crippen molar-refractivity contribution < 1.29 is 5.11 Å². The quantitative estimate of drug-likeness (QED) is 0.741. The molecule has 0 aliphatic rings. The summed E-state index contributed by atoms with van der Waals surface area (Å²) >= 11 is 0. The second-order valence-electron chi connectivity index (χ2n) is 3.30. The lowest BCUT2D eigenvalue weighted by molar-refractivity contribution is 0.220. The number of aromatic nitrogens is 4. The Morgan fingerprint density at radius 3 is 1.79 bits per heavy atom. The molecule has 0 bridgehead atoms. The molecule has 0 unspecified atom stereocenters. The van der Waals surface area contributed by atoms with Crippen LogP contribution in [-0.4, -0.2) is 24.7 Å². The maximum Gasteiger partial charge on any atom is 0.110 e. The van der Waals surface area contributed by atoms with Gasteiger partial charge in [0.1, 0.15) is 6.10 Å². The van der Waals surface area contributed by atoms with Crippen LogP contribution in [0, 0.1) is 0 Å². The minimum absolute atomic E-state index is 0.641. The summed E-state index contributed by atoms with van der Waals surface area (Å²) in [5.74, 6) is 0. The van der Waals surface area contributed by atoms with Crippen molar-refractivity contribution in [3.05, 3.63) is 35.9 Å². The van der Waals surface area contributed by atoms with Crippen LogP contribution >= 0.6 is 0 Å². The Morgan fingerprint density at radius 1 is 1.07 bits per heavy atom. The Morgan fingerprint density at radius 2 is 1.50 bits per heavy atom. The van der Waals surface area contributed by atoms with Crippen molar-refractivity contribution in [2.45, 2.75) is 6.10 Å². The van der Waals surface area contributed by atoms with E-state index in [2.05, 4.69) is 10.2 Å². The smallest absolute Gasteiger partial charge is 0.110 e. The fourth-order valence-electron chi connectivity index (χ4n) is 1.36. The zero-order valence-electron chi connectivity index (χ0n) is 8.12. The predicted octanol–water partition coefficient (Wildman–Crippen LogP) is 0.235. The summed E-state index contributed by atoms with van der Waals surface area (Å²) in [5.41, 5.74) is 1.56. The van der Waals surface area contributed by atoms with Crippen LogP contribution in [0.5, 0.6) is 0 Å². The maximum atomic E-state index is 9.91. The number of nitrogens with zero attached hydrogens (tertiary/aromatic N) is 4. The molecule has 2 aromatic heterocycles. The molecule has 0 amide bonds. The molecule has 74 valence electrons. The fraction of sp³-hybridized carbons (Fsp3) is 0.333. The van der Waals surface area contributed by atoms with Gasteiger partial charge in [-0.05, 0) is 0 Å². The molecule has 5 nitrogen and oxygen atoms in total. The third-order valence-electron chi connectivity index (χ3n) is 2.08. The number of aliphatic hydroxyl groups excluding tert-OH is 1. The zero-order valence-corrected chi connectivity index (χ0v) is 8.12. The third-order valence-corrected chi connectivity index (χ3v) is 2.08. The van der Waals surface area contributed by atoms with E-state index in [0.717, 1.165) is 11.1 Å². The Hall–Kier alpha value is -1.62. The third kappa shape index (κ3) is 1.54.